The average molecular weight is 254 g/mol. The van der Waals surface area contributed by atoms with E-state index in [0.717, 1.165) is 38.9 Å². The predicted molar refractivity (Wildman–Crippen MR) is 67.0 cm³/mol. The highest BCUT2D eigenvalue weighted by atomic mass is 16.5. The predicted octanol–water partition coefficient (Wildman–Crippen LogP) is 0.540. The van der Waals surface area contributed by atoms with Gasteiger partial charge in [-0.2, -0.15) is 0 Å². The highest BCUT2D eigenvalue weighted by molar-refractivity contribution is 5.78. The molecule has 18 heavy (non-hydrogen) atoms. The Kier molecular flexibility index (Phi) is 4.58. The van der Waals surface area contributed by atoms with Gasteiger partial charge in [-0.3, -0.25) is 9.59 Å². The molecule has 5 nitrogen and oxygen atoms in total. The van der Waals surface area contributed by atoms with Crippen molar-refractivity contribution < 1.29 is 14.3 Å². The summed E-state index contributed by atoms with van der Waals surface area (Å²) in [6.07, 6.45) is 3.51. The second-order valence-corrected chi connectivity index (χ2v) is 5.15. The molecular weight excluding hydrogens is 232 g/mol. The highest BCUT2D eigenvalue weighted by Crippen LogP contribution is 2.19. The summed E-state index contributed by atoms with van der Waals surface area (Å²) in [5, 5.41) is 2.97. The van der Waals surface area contributed by atoms with E-state index in [0.29, 0.717) is 13.0 Å². The van der Waals surface area contributed by atoms with Crippen LogP contribution in [0, 0.1) is 5.92 Å². The summed E-state index contributed by atoms with van der Waals surface area (Å²) in [5.74, 6) is 0.0902. The summed E-state index contributed by atoms with van der Waals surface area (Å²) < 4.78 is 5.08. The molecule has 0 bridgehead atoms. The zero-order valence-corrected chi connectivity index (χ0v) is 11.0. The zero-order valence-electron chi connectivity index (χ0n) is 11.0. The van der Waals surface area contributed by atoms with Crippen molar-refractivity contribution in [2.45, 2.75) is 38.6 Å². The van der Waals surface area contributed by atoms with Gasteiger partial charge in [0.25, 0.3) is 0 Å². The third kappa shape index (κ3) is 3.45. The maximum absolute atomic E-state index is 11.7. The first-order chi connectivity index (χ1) is 8.69. The number of esters is 1. The Morgan fingerprint density at radius 1 is 1.50 bits per heavy atom. The van der Waals surface area contributed by atoms with Crippen LogP contribution in [0.15, 0.2) is 0 Å². The molecule has 0 aromatic heterocycles. The van der Waals surface area contributed by atoms with E-state index in [1.54, 1.807) is 0 Å². The molecule has 2 heterocycles. The third-order valence-electron chi connectivity index (χ3n) is 3.69. The van der Waals surface area contributed by atoms with Gasteiger partial charge in [0, 0.05) is 25.6 Å². The molecule has 102 valence electrons. The van der Waals surface area contributed by atoms with Crippen molar-refractivity contribution in [3.05, 3.63) is 0 Å². The van der Waals surface area contributed by atoms with Gasteiger partial charge in [0.05, 0.1) is 12.5 Å². The lowest BCUT2D eigenvalue weighted by Gasteiger charge is -2.33. The number of rotatable bonds is 4. The Hall–Kier alpha value is -1.10. The van der Waals surface area contributed by atoms with Crippen LogP contribution in [0.5, 0.6) is 0 Å². The minimum Gasteiger partial charge on any atom is -0.466 e. The molecule has 1 unspecified atom stereocenters. The molecule has 2 atom stereocenters. The van der Waals surface area contributed by atoms with E-state index in [4.69, 9.17) is 4.74 Å². The number of nitrogens with zero attached hydrogens (tertiary/aromatic N) is 1. The van der Waals surface area contributed by atoms with Crippen LogP contribution in [0.1, 0.15) is 32.6 Å². The van der Waals surface area contributed by atoms with Crippen LogP contribution in [-0.2, 0) is 14.3 Å². The summed E-state index contributed by atoms with van der Waals surface area (Å²) in [5.41, 5.74) is 0. The third-order valence-corrected chi connectivity index (χ3v) is 3.69. The lowest BCUT2D eigenvalue weighted by atomic mass is 9.97. The van der Waals surface area contributed by atoms with Gasteiger partial charge in [0.2, 0.25) is 5.91 Å². The van der Waals surface area contributed by atoms with Crippen molar-refractivity contribution in [3.8, 4) is 0 Å². The fourth-order valence-electron chi connectivity index (χ4n) is 2.80. The molecule has 1 amide bonds. The molecule has 0 saturated carbocycles. The number of carbonyl (C=O) groups excluding carboxylic acids is 2. The molecule has 0 aromatic carbocycles. The number of likely N-dealkylation sites (tertiary alicyclic amines) is 1. The standard InChI is InChI=1S/C13H22N2O3/c1-2-18-13(17)10-4-3-7-15(8-10)9-11-5-6-12(16)14-11/h10-11H,2-9H2,1H3,(H,14,16)/t10-,11?/m0/s1. The van der Waals surface area contributed by atoms with Crippen LogP contribution in [0.4, 0.5) is 0 Å². The Labute approximate surface area is 108 Å². The second kappa shape index (κ2) is 6.18. The molecule has 2 aliphatic heterocycles. The smallest absolute Gasteiger partial charge is 0.310 e. The molecular formula is C13H22N2O3. The maximum Gasteiger partial charge on any atom is 0.310 e. The minimum atomic E-state index is -0.0716. The van der Waals surface area contributed by atoms with Crippen molar-refractivity contribution in [2.24, 2.45) is 5.92 Å². The molecule has 2 rings (SSSR count). The van der Waals surface area contributed by atoms with Crippen LogP contribution in [0.3, 0.4) is 0 Å². The second-order valence-electron chi connectivity index (χ2n) is 5.15. The van der Waals surface area contributed by atoms with Crippen LogP contribution in [0.2, 0.25) is 0 Å². The fraction of sp³-hybridized carbons (Fsp3) is 0.846. The van der Waals surface area contributed by atoms with Gasteiger partial charge in [-0.15, -0.1) is 0 Å². The van der Waals surface area contributed by atoms with Gasteiger partial charge in [-0.25, -0.2) is 0 Å². The molecule has 2 saturated heterocycles. The molecule has 0 radical (unpaired) electrons. The first-order valence-electron chi connectivity index (χ1n) is 6.87. The fourth-order valence-corrected chi connectivity index (χ4v) is 2.80. The van der Waals surface area contributed by atoms with E-state index in [9.17, 15) is 9.59 Å². The Balaban J connectivity index is 1.79. The lowest BCUT2D eigenvalue weighted by Crippen LogP contribution is -2.45. The van der Waals surface area contributed by atoms with Crippen LogP contribution < -0.4 is 5.32 Å². The monoisotopic (exact) mass is 254 g/mol. The molecule has 2 fully saturated rings. The van der Waals surface area contributed by atoms with E-state index < -0.39 is 0 Å². The van der Waals surface area contributed by atoms with Crippen molar-refractivity contribution in [3.63, 3.8) is 0 Å². The first kappa shape index (κ1) is 13.3. The normalized spacial score (nSPS) is 29.1. The van der Waals surface area contributed by atoms with Crippen molar-refractivity contribution in [2.75, 3.05) is 26.2 Å². The number of nitrogens with one attached hydrogen (secondary N) is 1. The molecule has 1 N–H and O–H groups in total. The minimum absolute atomic E-state index is 0.0100. The molecule has 0 spiro atoms. The van der Waals surface area contributed by atoms with E-state index in [2.05, 4.69) is 10.2 Å². The van der Waals surface area contributed by atoms with Gasteiger partial charge in [-0.05, 0) is 32.7 Å². The number of ether oxygens (including phenoxy) is 1. The summed E-state index contributed by atoms with van der Waals surface area (Å²) in [6, 6.07) is 0.262. The van der Waals surface area contributed by atoms with Gasteiger partial charge >= 0.3 is 5.97 Å². The number of hydrogen-bond acceptors (Lipinski definition) is 4. The van der Waals surface area contributed by atoms with Gasteiger partial charge in [0.1, 0.15) is 0 Å². The summed E-state index contributed by atoms with van der Waals surface area (Å²) >= 11 is 0. The SMILES string of the molecule is CCOC(=O)[C@H]1CCCN(CC2CCC(=O)N2)C1. The van der Waals surface area contributed by atoms with Gasteiger partial charge in [0.15, 0.2) is 0 Å². The van der Waals surface area contributed by atoms with E-state index in [1.165, 1.54) is 0 Å². The Morgan fingerprint density at radius 3 is 3.00 bits per heavy atom. The number of hydrogen-bond donors (Lipinski definition) is 1. The quantitative estimate of drug-likeness (QED) is 0.744. The van der Waals surface area contributed by atoms with Crippen molar-refractivity contribution in [1.82, 2.24) is 10.2 Å². The van der Waals surface area contributed by atoms with Gasteiger partial charge in [-0.1, -0.05) is 0 Å². The zero-order chi connectivity index (χ0) is 13.0. The summed E-state index contributed by atoms with van der Waals surface area (Å²) in [6.45, 7) is 4.94. The Bertz CT molecular complexity index is 319. The maximum atomic E-state index is 11.7. The average Bonchev–Trinajstić information content (AvgIpc) is 2.75. The largest absolute Gasteiger partial charge is 0.466 e. The number of piperidine rings is 1. The van der Waals surface area contributed by atoms with Gasteiger partial charge < -0.3 is 15.0 Å². The summed E-state index contributed by atoms with van der Waals surface area (Å²) in [7, 11) is 0. The molecule has 5 heteroatoms. The van der Waals surface area contributed by atoms with Crippen molar-refractivity contribution in [1.29, 1.82) is 0 Å². The molecule has 2 aliphatic rings. The lowest BCUT2D eigenvalue weighted by molar-refractivity contribution is -0.150. The highest BCUT2D eigenvalue weighted by Gasteiger charge is 2.29. The Morgan fingerprint density at radius 2 is 2.33 bits per heavy atom. The topological polar surface area (TPSA) is 58.6 Å². The van der Waals surface area contributed by atoms with E-state index in [1.807, 2.05) is 6.92 Å². The number of carbonyl (C=O) groups is 2. The van der Waals surface area contributed by atoms with Crippen molar-refractivity contribution >= 4 is 11.9 Å². The van der Waals surface area contributed by atoms with E-state index in [-0.39, 0.29) is 23.8 Å². The first-order valence-corrected chi connectivity index (χ1v) is 6.87. The number of amides is 1. The van der Waals surface area contributed by atoms with Crippen LogP contribution in [-0.4, -0.2) is 49.1 Å². The van der Waals surface area contributed by atoms with E-state index >= 15 is 0 Å². The molecule has 0 aromatic rings. The molecule has 0 aliphatic carbocycles. The van der Waals surface area contributed by atoms with Crippen LogP contribution >= 0.6 is 0 Å². The summed E-state index contributed by atoms with van der Waals surface area (Å²) in [4.78, 5) is 25.1. The van der Waals surface area contributed by atoms with Crippen LogP contribution in [0.25, 0.3) is 0 Å².